The van der Waals surface area contributed by atoms with Gasteiger partial charge in [0.1, 0.15) is 0 Å². The highest BCUT2D eigenvalue weighted by Crippen LogP contribution is 2.17. The van der Waals surface area contributed by atoms with Crippen molar-refractivity contribution >= 4 is 34.9 Å². The van der Waals surface area contributed by atoms with Crippen molar-refractivity contribution in [3.8, 4) is 0 Å². The van der Waals surface area contributed by atoms with Crippen LogP contribution in [0.3, 0.4) is 0 Å². The van der Waals surface area contributed by atoms with E-state index in [1.54, 1.807) is 6.21 Å². The monoisotopic (exact) mass is 356 g/mol. The average molecular weight is 356 g/mol. The summed E-state index contributed by atoms with van der Waals surface area (Å²) in [5.74, 6) is 0. The largest absolute Gasteiger partial charge is 0.395 e. The molecule has 0 saturated heterocycles. The third-order valence-corrected chi connectivity index (χ3v) is 4.20. The SMILES string of the molecule is Cc1cccc(NC(=S)N/N=C/c2ccc(N(C)CCO)cc2)c1C. The molecule has 2 aromatic rings. The van der Waals surface area contributed by atoms with Crippen molar-refractivity contribution in [3.63, 3.8) is 0 Å². The van der Waals surface area contributed by atoms with Crippen molar-refractivity contribution in [3.05, 3.63) is 59.2 Å². The lowest BCUT2D eigenvalue weighted by Gasteiger charge is -2.17. The van der Waals surface area contributed by atoms with Crippen molar-refractivity contribution in [2.75, 3.05) is 30.4 Å². The molecule has 3 N–H and O–H groups in total. The first-order valence-corrected chi connectivity index (χ1v) is 8.50. The van der Waals surface area contributed by atoms with Gasteiger partial charge in [0.2, 0.25) is 0 Å². The van der Waals surface area contributed by atoms with Gasteiger partial charge in [-0.3, -0.25) is 5.43 Å². The van der Waals surface area contributed by atoms with Gasteiger partial charge in [0.05, 0.1) is 12.8 Å². The van der Waals surface area contributed by atoms with E-state index in [9.17, 15) is 0 Å². The van der Waals surface area contributed by atoms with E-state index in [4.69, 9.17) is 17.3 Å². The molecule has 0 spiro atoms. The van der Waals surface area contributed by atoms with Crippen molar-refractivity contribution in [1.29, 1.82) is 0 Å². The van der Waals surface area contributed by atoms with Crippen LogP contribution in [0.15, 0.2) is 47.6 Å². The van der Waals surface area contributed by atoms with Gasteiger partial charge < -0.3 is 15.3 Å². The number of benzene rings is 2. The van der Waals surface area contributed by atoms with Crippen LogP contribution < -0.4 is 15.6 Å². The number of anilines is 2. The molecule has 0 unspecified atom stereocenters. The molecule has 0 aromatic heterocycles. The average Bonchev–Trinajstić information content (AvgIpc) is 2.60. The number of nitrogens with one attached hydrogen (secondary N) is 2. The van der Waals surface area contributed by atoms with Crippen LogP contribution in [0.5, 0.6) is 0 Å². The molecule has 5 nitrogen and oxygen atoms in total. The quantitative estimate of drug-likeness (QED) is 0.422. The summed E-state index contributed by atoms with van der Waals surface area (Å²) in [4.78, 5) is 1.99. The number of aryl methyl sites for hydroxylation is 1. The zero-order chi connectivity index (χ0) is 18.2. The molecule has 0 radical (unpaired) electrons. The molecule has 25 heavy (non-hydrogen) atoms. The van der Waals surface area contributed by atoms with Gasteiger partial charge in [0.15, 0.2) is 5.11 Å². The molecule has 0 aliphatic heterocycles. The Balaban J connectivity index is 1.90. The normalized spacial score (nSPS) is 10.7. The minimum Gasteiger partial charge on any atom is -0.395 e. The van der Waals surface area contributed by atoms with Gasteiger partial charge in [0.25, 0.3) is 0 Å². The predicted molar refractivity (Wildman–Crippen MR) is 110 cm³/mol. The summed E-state index contributed by atoms with van der Waals surface area (Å²) in [5, 5.41) is 16.7. The number of hydrogen-bond acceptors (Lipinski definition) is 4. The Morgan fingerprint density at radius 1 is 1.20 bits per heavy atom. The van der Waals surface area contributed by atoms with Gasteiger partial charge in [-0.05, 0) is 61.0 Å². The third kappa shape index (κ3) is 5.55. The highest BCUT2D eigenvalue weighted by atomic mass is 32.1. The van der Waals surface area contributed by atoms with Crippen molar-refractivity contribution in [2.24, 2.45) is 5.10 Å². The topological polar surface area (TPSA) is 59.9 Å². The molecule has 6 heteroatoms. The van der Waals surface area contributed by atoms with Gasteiger partial charge in [-0.2, -0.15) is 5.10 Å². The van der Waals surface area contributed by atoms with Gasteiger partial charge in [-0.1, -0.05) is 24.3 Å². The Morgan fingerprint density at radius 3 is 2.60 bits per heavy atom. The maximum atomic E-state index is 8.97. The summed E-state index contributed by atoms with van der Waals surface area (Å²) in [6, 6.07) is 14.0. The molecule has 0 saturated carbocycles. The first-order chi connectivity index (χ1) is 12.0. The fourth-order valence-corrected chi connectivity index (χ4v) is 2.46. The third-order valence-electron chi connectivity index (χ3n) is 4.00. The number of rotatable bonds is 6. The molecule has 0 aliphatic carbocycles. The zero-order valence-corrected chi connectivity index (χ0v) is 15.6. The standard InChI is InChI=1S/C19H24N4OS/c1-14-5-4-6-18(15(14)2)21-19(25)22-20-13-16-7-9-17(10-8-16)23(3)11-12-24/h4-10,13,24H,11-12H2,1-3H3,(H2,21,22,25)/b20-13+. The second kappa shape index (κ2) is 9.15. The number of hydrazone groups is 1. The van der Waals surface area contributed by atoms with Crippen LogP contribution >= 0.6 is 12.2 Å². The van der Waals surface area contributed by atoms with Gasteiger partial charge in [0, 0.05) is 25.0 Å². The van der Waals surface area contributed by atoms with E-state index < -0.39 is 0 Å². The lowest BCUT2D eigenvalue weighted by atomic mass is 10.1. The molecule has 0 aliphatic rings. The Bertz CT molecular complexity index is 744. The molecule has 132 valence electrons. The van der Waals surface area contributed by atoms with Crippen LogP contribution in [0.25, 0.3) is 0 Å². The summed E-state index contributed by atoms with van der Waals surface area (Å²) >= 11 is 5.27. The number of hydrogen-bond donors (Lipinski definition) is 3. The number of nitrogens with zero attached hydrogens (tertiary/aromatic N) is 2. The van der Waals surface area contributed by atoms with E-state index in [1.807, 2.05) is 48.3 Å². The number of thiocarbonyl (C=S) groups is 1. The highest BCUT2D eigenvalue weighted by Gasteiger charge is 2.02. The lowest BCUT2D eigenvalue weighted by molar-refractivity contribution is 0.304. The Morgan fingerprint density at radius 2 is 1.92 bits per heavy atom. The van der Waals surface area contributed by atoms with Crippen LogP contribution in [-0.4, -0.2) is 36.6 Å². The molecule has 0 bridgehead atoms. The molecule has 2 rings (SSSR count). The molecular weight excluding hydrogens is 332 g/mol. The molecule has 2 aromatic carbocycles. The fourth-order valence-electron chi connectivity index (χ4n) is 2.30. The van der Waals surface area contributed by atoms with E-state index >= 15 is 0 Å². The molecule has 0 fully saturated rings. The minimum atomic E-state index is 0.133. The summed E-state index contributed by atoms with van der Waals surface area (Å²) in [6.07, 6.45) is 1.72. The van der Waals surface area contributed by atoms with E-state index in [1.165, 1.54) is 11.1 Å². The van der Waals surface area contributed by atoms with Gasteiger partial charge in [-0.15, -0.1) is 0 Å². The minimum absolute atomic E-state index is 0.133. The molecule has 0 atom stereocenters. The van der Waals surface area contributed by atoms with Crippen LogP contribution in [0.4, 0.5) is 11.4 Å². The number of aliphatic hydroxyl groups is 1. The Labute approximate surface area is 154 Å². The van der Waals surface area contributed by atoms with Crippen LogP contribution in [0, 0.1) is 13.8 Å². The summed E-state index contributed by atoms with van der Waals surface area (Å²) in [5.41, 5.74) is 8.19. The smallest absolute Gasteiger partial charge is 0.191 e. The summed E-state index contributed by atoms with van der Waals surface area (Å²) in [6.45, 7) is 4.86. The van der Waals surface area contributed by atoms with E-state index in [0.29, 0.717) is 11.7 Å². The van der Waals surface area contributed by atoms with Crippen molar-refractivity contribution in [2.45, 2.75) is 13.8 Å². The maximum Gasteiger partial charge on any atom is 0.191 e. The zero-order valence-electron chi connectivity index (χ0n) is 14.8. The summed E-state index contributed by atoms with van der Waals surface area (Å²) < 4.78 is 0. The first-order valence-electron chi connectivity index (χ1n) is 8.09. The predicted octanol–water partition coefficient (Wildman–Crippen LogP) is 3.05. The lowest BCUT2D eigenvalue weighted by Crippen LogP contribution is -2.24. The van der Waals surface area contributed by atoms with E-state index in [-0.39, 0.29) is 6.61 Å². The summed E-state index contributed by atoms with van der Waals surface area (Å²) in [7, 11) is 1.94. The molecular formula is C19H24N4OS. The highest BCUT2D eigenvalue weighted by molar-refractivity contribution is 7.80. The first kappa shape index (κ1) is 18.9. The second-order valence-corrected chi connectivity index (χ2v) is 6.22. The van der Waals surface area contributed by atoms with E-state index in [0.717, 1.165) is 16.9 Å². The number of likely N-dealkylation sites (N-methyl/N-ethyl adjacent to an activating group) is 1. The second-order valence-electron chi connectivity index (χ2n) is 5.81. The van der Waals surface area contributed by atoms with E-state index in [2.05, 4.69) is 35.8 Å². The van der Waals surface area contributed by atoms with Crippen molar-refractivity contribution < 1.29 is 5.11 Å². The molecule has 0 amide bonds. The Hall–Kier alpha value is -2.44. The fraction of sp³-hybridized carbons (Fsp3) is 0.263. The Kier molecular flexibility index (Phi) is 6.91. The van der Waals surface area contributed by atoms with Crippen molar-refractivity contribution in [1.82, 2.24) is 5.43 Å². The van der Waals surface area contributed by atoms with Crippen LogP contribution in [0.2, 0.25) is 0 Å². The number of aliphatic hydroxyl groups excluding tert-OH is 1. The maximum absolute atomic E-state index is 8.97. The van der Waals surface area contributed by atoms with Crippen LogP contribution in [0.1, 0.15) is 16.7 Å². The van der Waals surface area contributed by atoms with Crippen LogP contribution in [-0.2, 0) is 0 Å². The van der Waals surface area contributed by atoms with Gasteiger partial charge >= 0.3 is 0 Å². The van der Waals surface area contributed by atoms with Gasteiger partial charge in [-0.25, -0.2) is 0 Å². The molecule has 0 heterocycles.